The Morgan fingerprint density at radius 1 is 1.52 bits per heavy atom. The number of carbonyl (C=O) groups excluding carboxylic acids is 1. The molecule has 1 N–H and O–H groups in total. The summed E-state index contributed by atoms with van der Waals surface area (Å²) < 4.78 is 5.44. The van der Waals surface area contributed by atoms with E-state index in [2.05, 4.69) is 16.4 Å². The fourth-order valence-electron chi connectivity index (χ4n) is 2.63. The Bertz CT molecular complexity index is 497. The van der Waals surface area contributed by atoms with Crippen molar-refractivity contribution in [3.05, 3.63) is 29.6 Å². The molecule has 1 saturated heterocycles. The number of nitrogens with zero attached hydrogens (tertiary/aromatic N) is 2. The Morgan fingerprint density at radius 3 is 2.95 bits per heavy atom. The van der Waals surface area contributed by atoms with Gasteiger partial charge in [-0.3, -0.25) is 4.98 Å². The first-order valence-electron chi connectivity index (χ1n) is 7.47. The first-order valence-corrected chi connectivity index (χ1v) is 7.47. The van der Waals surface area contributed by atoms with Crippen molar-refractivity contribution in [1.29, 1.82) is 0 Å². The maximum absolute atomic E-state index is 12.1. The van der Waals surface area contributed by atoms with Crippen molar-refractivity contribution < 1.29 is 9.53 Å². The minimum Gasteiger partial charge on any atom is -0.444 e. The molecule has 1 atom stereocenters. The molecule has 1 fully saturated rings. The summed E-state index contributed by atoms with van der Waals surface area (Å²) in [6.45, 7) is 7.89. The molecule has 5 nitrogen and oxygen atoms in total. The molecule has 2 heterocycles. The monoisotopic (exact) mass is 291 g/mol. The number of aromatic nitrogens is 1. The van der Waals surface area contributed by atoms with E-state index in [0.29, 0.717) is 12.5 Å². The third kappa shape index (κ3) is 4.17. The topological polar surface area (TPSA) is 54.5 Å². The zero-order valence-corrected chi connectivity index (χ0v) is 13.3. The van der Waals surface area contributed by atoms with Crippen LogP contribution in [0.3, 0.4) is 0 Å². The minimum absolute atomic E-state index is 0.226. The molecule has 0 radical (unpaired) electrons. The van der Waals surface area contributed by atoms with Gasteiger partial charge < -0.3 is 15.0 Å². The van der Waals surface area contributed by atoms with E-state index in [1.807, 2.05) is 40.1 Å². The van der Waals surface area contributed by atoms with E-state index in [1.165, 1.54) is 5.56 Å². The maximum Gasteiger partial charge on any atom is 0.410 e. The fraction of sp³-hybridized carbons (Fsp3) is 0.625. The highest BCUT2D eigenvalue weighted by Gasteiger charge is 2.31. The Balaban J connectivity index is 2.04. The largest absolute Gasteiger partial charge is 0.444 e. The summed E-state index contributed by atoms with van der Waals surface area (Å²) in [5.41, 5.74) is 1.85. The van der Waals surface area contributed by atoms with Crippen molar-refractivity contribution in [3.63, 3.8) is 0 Å². The van der Waals surface area contributed by atoms with Gasteiger partial charge in [0.05, 0.1) is 0 Å². The molecule has 0 saturated carbocycles. The van der Waals surface area contributed by atoms with Gasteiger partial charge >= 0.3 is 6.09 Å². The molecule has 1 aliphatic rings. The van der Waals surface area contributed by atoms with Crippen molar-refractivity contribution in [3.8, 4) is 0 Å². The van der Waals surface area contributed by atoms with Crippen LogP contribution in [0.25, 0.3) is 0 Å². The molecule has 21 heavy (non-hydrogen) atoms. The van der Waals surface area contributed by atoms with Crippen LogP contribution < -0.4 is 5.32 Å². The van der Waals surface area contributed by atoms with Gasteiger partial charge in [0, 0.05) is 37.4 Å². The van der Waals surface area contributed by atoms with Crippen molar-refractivity contribution in [1.82, 2.24) is 15.2 Å². The zero-order chi connectivity index (χ0) is 15.5. The highest BCUT2D eigenvalue weighted by molar-refractivity contribution is 5.68. The average molecular weight is 291 g/mol. The molecule has 1 aliphatic heterocycles. The molecule has 0 aromatic carbocycles. The summed E-state index contributed by atoms with van der Waals surface area (Å²) in [6, 6.07) is 4.05. The lowest BCUT2D eigenvalue weighted by Crippen LogP contribution is -2.35. The zero-order valence-electron chi connectivity index (χ0n) is 13.3. The molecule has 0 bridgehead atoms. The van der Waals surface area contributed by atoms with E-state index in [1.54, 1.807) is 4.90 Å². The Morgan fingerprint density at radius 2 is 2.29 bits per heavy atom. The quantitative estimate of drug-likeness (QED) is 0.930. The number of nitrogens with one attached hydrogen (secondary N) is 1. The van der Waals surface area contributed by atoms with Gasteiger partial charge in [0.1, 0.15) is 5.60 Å². The van der Waals surface area contributed by atoms with Crippen molar-refractivity contribution >= 4 is 6.09 Å². The molecule has 1 aromatic heterocycles. The molecule has 5 heteroatoms. The van der Waals surface area contributed by atoms with Gasteiger partial charge in [-0.05, 0) is 45.9 Å². The summed E-state index contributed by atoms with van der Waals surface area (Å²) in [7, 11) is 1.93. The number of amides is 1. The highest BCUT2D eigenvalue weighted by atomic mass is 16.6. The van der Waals surface area contributed by atoms with Crippen molar-refractivity contribution in [2.24, 2.45) is 0 Å². The molecular formula is C16H25N3O2. The Labute approximate surface area is 126 Å². The SMILES string of the molecule is CNCc1cccnc1C1CCN(C(=O)OC(C)(C)C)C1. The molecule has 116 valence electrons. The number of hydrogen-bond acceptors (Lipinski definition) is 4. The van der Waals surface area contributed by atoms with Crippen LogP contribution in [0.1, 0.15) is 44.4 Å². The summed E-state index contributed by atoms with van der Waals surface area (Å²) >= 11 is 0. The van der Waals surface area contributed by atoms with Crippen molar-refractivity contribution in [2.75, 3.05) is 20.1 Å². The van der Waals surface area contributed by atoms with E-state index in [0.717, 1.165) is 25.2 Å². The second-order valence-corrected chi connectivity index (χ2v) is 6.49. The average Bonchev–Trinajstić information content (AvgIpc) is 2.87. The lowest BCUT2D eigenvalue weighted by molar-refractivity contribution is 0.0292. The number of likely N-dealkylation sites (tertiary alicyclic amines) is 1. The lowest BCUT2D eigenvalue weighted by Gasteiger charge is -2.24. The predicted octanol–water partition coefficient (Wildman–Crippen LogP) is 2.53. The van der Waals surface area contributed by atoms with Crippen LogP contribution in [0.4, 0.5) is 4.79 Å². The van der Waals surface area contributed by atoms with E-state index in [4.69, 9.17) is 4.74 Å². The second kappa shape index (κ2) is 6.43. The standard InChI is InChI=1S/C16H25N3O2/c1-16(2,3)21-15(20)19-9-7-13(11-19)14-12(10-17-4)6-5-8-18-14/h5-6,8,13,17H,7,9-11H2,1-4H3. The van der Waals surface area contributed by atoms with Gasteiger partial charge in [-0.1, -0.05) is 6.07 Å². The second-order valence-electron chi connectivity index (χ2n) is 6.49. The van der Waals surface area contributed by atoms with Gasteiger partial charge in [-0.15, -0.1) is 0 Å². The van der Waals surface area contributed by atoms with Gasteiger partial charge in [0.2, 0.25) is 0 Å². The van der Waals surface area contributed by atoms with E-state index in [-0.39, 0.29) is 6.09 Å². The number of carbonyl (C=O) groups is 1. The Hall–Kier alpha value is -1.62. The van der Waals surface area contributed by atoms with E-state index < -0.39 is 5.60 Å². The Kier molecular flexibility index (Phi) is 4.83. The predicted molar refractivity (Wildman–Crippen MR) is 82.2 cm³/mol. The van der Waals surface area contributed by atoms with Crippen LogP contribution in [0.15, 0.2) is 18.3 Å². The van der Waals surface area contributed by atoms with Crippen LogP contribution in [0, 0.1) is 0 Å². The van der Waals surface area contributed by atoms with Gasteiger partial charge in [0.15, 0.2) is 0 Å². The summed E-state index contributed by atoms with van der Waals surface area (Å²) in [5.74, 6) is 0.294. The number of pyridine rings is 1. The lowest BCUT2D eigenvalue weighted by atomic mass is 9.99. The number of hydrogen-bond donors (Lipinski definition) is 1. The smallest absolute Gasteiger partial charge is 0.410 e. The third-order valence-electron chi connectivity index (χ3n) is 3.52. The normalized spacial score (nSPS) is 18.9. The molecule has 0 aliphatic carbocycles. The van der Waals surface area contributed by atoms with Gasteiger partial charge in [0.25, 0.3) is 0 Å². The third-order valence-corrected chi connectivity index (χ3v) is 3.52. The summed E-state index contributed by atoms with van der Waals surface area (Å²) in [5, 5.41) is 3.17. The van der Waals surface area contributed by atoms with E-state index >= 15 is 0 Å². The molecule has 1 aromatic rings. The number of ether oxygens (including phenoxy) is 1. The highest BCUT2D eigenvalue weighted by Crippen LogP contribution is 2.29. The van der Waals surface area contributed by atoms with Crippen LogP contribution in [-0.4, -0.2) is 41.7 Å². The van der Waals surface area contributed by atoms with Gasteiger partial charge in [-0.2, -0.15) is 0 Å². The first-order chi connectivity index (χ1) is 9.90. The molecule has 2 rings (SSSR count). The maximum atomic E-state index is 12.1. The van der Waals surface area contributed by atoms with Gasteiger partial charge in [-0.25, -0.2) is 4.79 Å². The summed E-state index contributed by atoms with van der Waals surface area (Å²) in [4.78, 5) is 18.4. The van der Waals surface area contributed by atoms with Crippen LogP contribution in [-0.2, 0) is 11.3 Å². The fourth-order valence-corrected chi connectivity index (χ4v) is 2.63. The molecule has 0 spiro atoms. The van der Waals surface area contributed by atoms with Crippen LogP contribution >= 0.6 is 0 Å². The molecule has 1 amide bonds. The van der Waals surface area contributed by atoms with Crippen LogP contribution in [0.2, 0.25) is 0 Å². The van der Waals surface area contributed by atoms with E-state index in [9.17, 15) is 4.79 Å². The van der Waals surface area contributed by atoms with Crippen molar-refractivity contribution in [2.45, 2.75) is 45.3 Å². The molecule has 1 unspecified atom stereocenters. The minimum atomic E-state index is -0.447. The first kappa shape index (κ1) is 15.8. The van der Waals surface area contributed by atoms with Crippen LogP contribution in [0.5, 0.6) is 0 Å². The summed E-state index contributed by atoms with van der Waals surface area (Å²) in [6.07, 6.45) is 2.54. The molecular weight excluding hydrogens is 266 g/mol. The number of rotatable bonds is 3.